The fourth-order valence-electron chi connectivity index (χ4n) is 4.41. The number of aromatic hydroxyl groups is 1. The summed E-state index contributed by atoms with van der Waals surface area (Å²) in [7, 11) is 0. The zero-order valence-corrected chi connectivity index (χ0v) is 15.1. The van der Waals surface area contributed by atoms with Crippen molar-refractivity contribution in [2.24, 2.45) is 5.92 Å². The molecular formula is C21H30O3. The number of aliphatic hydroxyl groups is 1. The first-order valence-corrected chi connectivity index (χ1v) is 9.24. The molecule has 3 rings (SSSR count). The van der Waals surface area contributed by atoms with Crippen LogP contribution in [-0.4, -0.2) is 21.9 Å². The summed E-state index contributed by atoms with van der Waals surface area (Å²) in [5, 5.41) is 20.9. The van der Waals surface area contributed by atoms with E-state index in [1.54, 1.807) is 0 Å². The Labute approximate surface area is 145 Å². The molecule has 0 bridgehead atoms. The minimum Gasteiger partial charge on any atom is -0.508 e. The number of fused-ring (bicyclic) bond motifs is 3. The van der Waals surface area contributed by atoms with Gasteiger partial charge in [-0.15, -0.1) is 0 Å². The zero-order valence-electron chi connectivity index (χ0n) is 15.1. The van der Waals surface area contributed by atoms with Crippen LogP contribution in [0.25, 0.3) is 0 Å². The first-order chi connectivity index (χ1) is 11.3. The van der Waals surface area contributed by atoms with Gasteiger partial charge in [0.1, 0.15) is 17.1 Å². The molecule has 2 N–H and O–H groups in total. The van der Waals surface area contributed by atoms with E-state index in [4.69, 9.17) is 4.74 Å². The molecule has 24 heavy (non-hydrogen) atoms. The Morgan fingerprint density at radius 2 is 2.04 bits per heavy atom. The highest BCUT2D eigenvalue weighted by molar-refractivity contribution is 5.52. The van der Waals surface area contributed by atoms with Crippen LogP contribution in [0, 0.1) is 5.92 Å². The molecule has 0 aromatic heterocycles. The third-order valence-electron chi connectivity index (χ3n) is 5.80. The van der Waals surface area contributed by atoms with Crippen molar-refractivity contribution in [3.8, 4) is 11.5 Å². The Morgan fingerprint density at radius 1 is 1.29 bits per heavy atom. The quantitative estimate of drug-likeness (QED) is 0.621. The molecule has 132 valence electrons. The molecule has 1 aromatic carbocycles. The number of aliphatic hydroxyl groups excluding tert-OH is 1. The summed E-state index contributed by atoms with van der Waals surface area (Å²) < 4.78 is 6.30. The molecule has 0 unspecified atom stereocenters. The number of phenolic OH excluding ortho intramolecular Hbond substituents is 1. The summed E-state index contributed by atoms with van der Waals surface area (Å²) in [6.07, 6.45) is 5.39. The molecular weight excluding hydrogens is 300 g/mol. The lowest BCUT2D eigenvalue weighted by molar-refractivity contribution is -0.0238. The second kappa shape index (κ2) is 6.44. The van der Waals surface area contributed by atoms with Gasteiger partial charge in [0.15, 0.2) is 0 Å². The Bertz CT molecular complexity index is 632. The number of rotatable bonds is 4. The van der Waals surface area contributed by atoms with Gasteiger partial charge in [0.05, 0.1) is 6.10 Å². The monoisotopic (exact) mass is 330 g/mol. The maximum absolute atomic E-state index is 10.7. The molecule has 3 nitrogen and oxygen atoms in total. The molecule has 3 atom stereocenters. The van der Waals surface area contributed by atoms with E-state index in [1.807, 2.05) is 6.07 Å². The molecule has 1 aliphatic carbocycles. The summed E-state index contributed by atoms with van der Waals surface area (Å²) in [5.74, 6) is 1.51. The Balaban J connectivity index is 1.96. The van der Waals surface area contributed by atoms with E-state index in [1.165, 1.54) is 12.8 Å². The highest BCUT2D eigenvalue weighted by Crippen LogP contribution is 2.55. The van der Waals surface area contributed by atoms with Crippen molar-refractivity contribution in [2.45, 2.75) is 76.9 Å². The van der Waals surface area contributed by atoms with Crippen LogP contribution in [0.3, 0.4) is 0 Å². The minimum absolute atomic E-state index is 0.171. The van der Waals surface area contributed by atoms with E-state index in [9.17, 15) is 10.2 Å². The fraction of sp³-hybridized carbons (Fsp3) is 0.619. The Kier molecular flexibility index (Phi) is 4.65. The predicted molar refractivity (Wildman–Crippen MR) is 96.7 cm³/mol. The molecule has 2 aliphatic rings. The molecule has 0 amide bonds. The van der Waals surface area contributed by atoms with Crippen LogP contribution >= 0.6 is 0 Å². The van der Waals surface area contributed by atoms with Crippen molar-refractivity contribution in [1.82, 2.24) is 0 Å². The lowest BCUT2D eigenvalue weighted by Crippen LogP contribution is -2.48. The third kappa shape index (κ3) is 3.06. The molecule has 1 aliphatic heterocycles. The predicted octanol–water partition coefficient (Wildman–Crippen LogP) is 4.71. The molecule has 1 saturated carbocycles. The van der Waals surface area contributed by atoms with E-state index in [2.05, 4.69) is 33.4 Å². The maximum atomic E-state index is 10.7. The van der Waals surface area contributed by atoms with Crippen molar-refractivity contribution in [1.29, 1.82) is 0 Å². The number of hydrogen-bond donors (Lipinski definition) is 2. The van der Waals surface area contributed by atoms with Crippen LogP contribution in [0.4, 0.5) is 0 Å². The highest BCUT2D eigenvalue weighted by Gasteiger charge is 2.48. The summed E-state index contributed by atoms with van der Waals surface area (Å²) in [6.45, 7) is 10.4. The number of ether oxygens (including phenoxy) is 1. The molecule has 1 heterocycles. The second-order valence-electron chi connectivity index (χ2n) is 8.02. The van der Waals surface area contributed by atoms with Crippen LogP contribution in [0.15, 0.2) is 24.3 Å². The summed E-state index contributed by atoms with van der Waals surface area (Å²) in [5.41, 5.74) is 2.56. The van der Waals surface area contributed by atoms with E-state index < -0.39 is 6.10 Å². The second-order valence-corrected chi connectivity index (χ2v) is 8.02. The third-order valence-corrected chi connectivity index (χ3v) is 5.80. The van der Waals surface area contributed by atoms with E-state index in [-0.39, 0.29) is 17.4 Å². The van der Waals surface area contributed by atoms with Crippen LogP contribution in [-0.2, 0) is 6.42 Å². The molecule has 1 fully saturated rings. The standard InChI is InChI=1S/C21H30O3/c1-5-6-7-8-14-10-18(23)20-15-9-13(2)17(22)12-16(15)21(3,4)24-19(20)11-14/h10-11,15-17,22-23H,2,5-9,12H2,1,3-4H3/t15-,16-,17+/m0/s1. The average molecular weight is 330 g/mol. The zero-order chi connectivity index (χ0) is 17.5. The van der Waals surface area contributed by atoms with Crippen LogP contribution < -0.4 is 4.74 Å². The van der Waals surface area contributed by atoms with Gasteiger partial charge < -0.3 is 14.9 Å². The van der Waals surface area contributed by atoms with Crippen LogP contribution in [0.5, 0.6) is 11.5 Å². The van der Waals surface area contributed by atoms with Crippen molar-refractivity contribution >= 4 is 0 Å². The Morgan fingerprint density at radius 3 is 2.75 bits per heavy atom. The molecule has 0 radical (unpaired) electrons. The highest BCUT2D eigenvalue weighted by atomic mass is 16.5. The van der Waals surface area contributed by atoms with Gasteiger partial charge in [-0.25, -0.2) is 0 Å². The maximum Gasteiger partial charge on any atom is 0.127 e. The molecule has 3 heteroatoms. The molecule has 0 saturated heterocycles. The van der Waals surface area contributed by atoms with Gasteiger partial charge >= 0.3 is 0 Å². The minimum atomic E-state index is -0.467. The number of unbranched alkanes of at least 4 members (excludes halogenated alkanes) is 2. The summed E-state index contributed by atoms with van der Waals surface area (Å²) >= 11 is 0. The first-order valence-electron chi connectivity index (χ1n) is 9.24. The number of benzene rings is 1. The Hall–Kier alpha value is -1.48. The lowest BCUT2D eigenvalue weighted by Gasteiger charge is -2.49. The van der Waals surface area contributed by atoms with Crippen molar-refractivity contribution in [2.75, 3.05) is 0 Å². The van der Waals surface area contributed by atoms with Gasteiger partial charge in [0.2, 0.25) is 0 Å². The largest absolute Gasteiger partial charge is 0.508 e. The normalized spacial score (nSPS) is 28.0. The summed E-state index contributed by atoms with van der Waals surface area (Å²) in [4.78, 5) is 0. The lowest BCUT2D eigenvalue weighted by atomic mass is 9.64. The number of hydrogen-bond acceptors (Lipinski definition) is 3. The number of phenols is 1. The van der Waals surface area contributed by atoms with Gasteiger partial charge in [0, 0.05) is 17.4 Å². The van der Waals surface area contributed by atoms with Gasteiger partial charge in [-0.3, -0.25) is 0 Å². The van der Waals surface area contributed by atoms with Crippen LogP contribution in [0.2, 0.25) is 0 Å². The van der Waals surface area contributed by atoms with Crippen molar-refractivity contribution < 1.29 is 14.9 Å². The smallest absolute Gasteiger partial charge is 0.127 e. The van der Waals surface area contributed by atoms with Crippen molar-refractivity contribution in [3.63, 3.8) is 0 Å². The van der Waals surface area contributed by atoms with E-state index in [0.29, 0.717) is 18.6 Å². The van der Waals surface area contributed by atoms with Gasteiger partial charge in [0.25, 0.3) is 0 Å². The van der Waals surface area contributed by atoms with Gasteiger partial charge in [-0.2, -0.15) is 0 Å². The fourth-order valence-corrected chi connectivity index (χ4v) is 4.41. The average Bonchev–Trinajstić information content (AvgIpc) is 2.49. The van der Waals surface area contributed by atoms with Crippen LogP contribution in [0.1, 0.15) is 69.9 Å². The SMILES string of the molecule is C=C1C[C@@H]2c3c(O)cc(CCCCC)cc3OC(C)(C)[C@H]2C[C@H]1O. The topological polar surface area (TPSA) is 49.7 Å². The van der Waals surface area contributed by atoms with Gasteiger partial charge in [-0.05, 0) is 62.8 Å². The first kappa shape index (κ1) is 17.3. The molecule has 1 aromatic rings. The number of aryl methyl sites for hydroxylation is 1. The van der Waals surface area contributed by atoms with E-state index in [0.717, 1.165) is 35.3 Å². The van der Waals surface area contributed by atoms with Gasteiger partial charge in [-0.1, -0.05) is 26.3 Å². The van der Waals surface area contributed by atoms with Crippen molar-refractivity contribution in [3.05, 3.63) is 35.4 Å². The molecule has 0 spiro atoms. The van der Waals surface area contributed by atoms with E-state index >= 15 is 0 Å². The summed E-state index contributed by atoms with van der Waals surface area (Å²) in [6, 6.07) is 4.01.